The first-order valence-corrected chi connectivity index (χ1v) is 6.59. The van der Waals surface area contributed by atoms with Crippen molar-refractivity contribution in [2.45, 2.75) is 0 Å². The van der Waals surface area contributed by atoms with Gasteiger partial charge in [0.25, 0.3) is 17.4 Å². The lowest BCUT2D eigenvalue weighted by atomic mass is 10.0. The molecule has 0 fully saturated rings. The fourth-order valence-corrected chi connectivity index (χ4v) is 2.67. The largest absolute Gasteiger partial charge is 0.410 e. The van der Waals surface area contributed by atoms with Crippen LogP contribution < -0.4 is 3.93 Å². The standard InChI is InChI=1S/C10H3Br2N3O6/c11-3-1-2-4-5(7(3)15(20)21)8(16)9(17)6(13-19)10(18)14(4)12/h1-2,19H. The second-order valence-corrected chi connectivity index (χ2v) is 5.30. The Hall–Kier alpha value is -2.14. The lowest BCUT2D eigenvalue weighted by molar-refractivity contribution is -0.385. The van der Waals surface area contributed by atoms with Gasteiger partial charge in [0, 0.05) is 0 Å². The van der Waals surface area contributed by atoms with E-state index in [1.165, 1.54) is 12.1 Å². The number of carbonyl (C=O) groups excluding carboxylic acids is 3. The minimum Gasteiger partial charge on any atom is -0.410 e. The molecule has 0 aliphatic carbocycles. The summed E-state index contributed by atoms with van der Waals surface area (Å²) >= 11 is 5.71. The molecule has 2 rings (SSSR count). The number of ketones is 2. The molecule has 1 aliphatic heterocycles. The van der Waals surface area contributed by atoms with Gasteiger partial charge in [0.1, 0.15) is 5.56 Å². The van der Waals surface area contributed by atoms with Crippen LogP contribution >= 0.6 is 32.1 Å². The average molecular weight is 421 g/mol. The maximum atomic E-state index is 12.1. The normalized spacial score (nSPS) is 17.0. The number of nitro groups is 1. The molecular formula is C10H3Br2N3O6. The first kappa shape index (κ1) is 15.3. The third-order valence-electron chi connectivity index (χ3n) is 2.63. The first-order valence-electron chi connectivity index (χ1n) is 5.09. The van der Waals surface area contributed by atoms with Crippen molar-refractivity contribution >= 4 is 66.6 Å². The lowest BCUT2D eigenvalue weighted by Crippen LogP contribution is -2.34. The second kappa shape index (κ2) is 5.33. The van der Waals surface area contributed by atoms with Gasteiger partial charge < -0.3 is 5.21 Å². The molecule has 108 valence electrons. The van der Waals surface area contributed by atoms with E-state index >= 15 is 0 Å². The maximum absolute atomic E-state index is 12.1. The summed E-state index contributed by atoms with van der Waals surface area (Å²) in [5, 5.41) is 22.3. The summed E-state index contributed by atoms with van der Waals surface area (Å²) in [6.07, 6.45) is 0. The summed E-state index contributed by atoms with van der Waals surface area (Å²) in [4.78, 5) is 46.1. The number of hydrogen-bond acceptors (Lipinski definition) is 7. The molecule has 0 spiro atoms. The predicted octanol–water partition coefficient (Wildman–Crippen LogP) is 1.60. The Kier molecular flexibility index (Phi) is 3.87. The third-order valence-corrected chi connectivity index (χ3v) is 3.97. The zero-order valence-corrected chi connectivity index (χ0v) is 12.9. The van der Waals surface area contributed by atoms with Crippen LogP contribution in [0.5, 0.6) is 0 Å². The number of fused-ring (bicyclic) bond motifs is 1. The van der Waals surface area contributed by atoms with E-state index < -0.39 is 39.4 Å². The maximum Gasteiger partial charge on any atom is 0.296 e. The SMILES string of the molecule is O=C1C(=O)c2c(ccc(Br)c2[N+](=O)[O-])N(Br)C(=O)C1=NO. The molecule has 0 saturated carbocycles. The van der Waals surface area contributed by atoms with Gasteiger partial charge in [-0.15, -0.1) is 0 Å². The molecule has 0 radical (unpaired) electrons. The number of carbonyl (C=O) groups is 3. The average Bonchev–Trinajstić information content (AvgIpc) is 2.50. The van der Waals surface area contributed by atoms with Gasteiger partial charge in [0.15, 0.2) is 0 Å². The number of anilines is 1. The van der Waals surface area contributed by atoms with Crippen molar-refractivity contribution in [1.82, 2.24) is 0 Å². The van der Waals surface area contributed by atoms with Gasteiger partial charge in [0.2, 0.25) is 11.5 Å². The smallest absolute Gasteiger partial charge is 0.296 e. The minimum absolute atomic E-state index is 0.0369. The number of benzene rings is 1. The van der Waals surface area contributed by atoms with E-state index in [-0.39, 0.29) is 10.2 Å². The summed E-state index contributed by atoms with van der Waals surface area (Å²) < 4.78 is 0.615. The van der Waals surface area contributed by atoms with Crippen LogP contribution in [0.15, 0.2) is 21.8 Å². The Morgan fingerprint density at radius 1 is 1.24 bits per heavy atom. The predicted molar refractivity (Wildman–Crippen MR) is 75.8 cm³/mol. The van der Waals surface area contributed by atoms with Gasteiger partial charge >= 0.3 is 0 Å². The highest BCUT2D eigenvalue weighted by Gasteiger charge is 2.42. The summed E-state index contributed by atoms with van der Waals surface area (Å²) in [6, 6.07) is 2.47. The summed E-state index contributed by atoms with van der Waals surface area (Å²) in [5.41, 5.74) is -2.49. The molecule has 11 heteroatoms. The van der Waals surface area contributed by atoms with Gasteiger partial charge in [-0.2, -0.15) is 0 Å². The van der Waals surface area contributed by atoms with E-state index in [0.29, 0.717) is 3.93 Å². The molecule has 1 heterocycles. The number of nitro benzene ring substituents is 1. The Morgan fingerprint density at radius 2 is 1.86 bits per heavy atom. The molecule has 0 atom stereocenters. The zero-order chi connectivity index (χ0) is 15.9. The second-order valence-electron chi connectivity index (χ2n) is 3.74. The van der Waals surface area contributed by atoms with Crippen LogP contribution in [0.1, 0.15) is 10.4 Å². The van der Waals surface area contributed by atoms with Gasteiger partial charge in [-0.1, -0.05) is 5.16 Å². The van der Waals surface area contributed by atoms with Crippen LogP contribution in [0.4, 0.5) is 11.4 Å². The van der Waals surface area contributed by atoms with Crippen molar-refractivity contribution in [3.63, 3.8) is 0 Å². The van der Waals surface area contributed by atoms with Crippen LogP contribution in [0.2, 0.25) is 0 Å². The highest BCUT2D eigenvalue weighted by atomic mass is 79.9. The Morgan fingerprint density at radius 3 is 2.38 bits per heavy atom. The van der Waals surface area contributed by atoms with E-state index in [9.17, 15) is 24.5 Å². The number of amides is 1. The van der Waals surface area contributed by atoms with Crippen molar-refractivity contribution < 1.29 is 24.5 Å². The van der Waals surface area contributed by atoms with E-state index in [0.717, 1.165) is 0 Å². The van der Waals surface area contributed by atoms with Gasteiger partial charge in [-0.05, 0) is 28.1 Å². The molecule has 0 unspecified atom stereocenters. The van der Waals surface area contributed by atoms with Crippen LogP contribution in [0.25, 0.3) is 0 Å². The topological polar surface area (TPSA) is 130 Å². The van der Waals surface area contributed by atoms with Gasteiger partial charge in [-0.3, -0.25) is 24.5 Å². The summed E-state index contributed by atoms with van der Waals surface area (Å²) in [7, 11) is 0. The number of rotatable bonds is 1. The molecule has 21 heavy (non-hydrogen) atoms. The van der Waals surface area contributed by atoms with Gasteiger partial charge in [-0.25, -0.2) is 3.93 Å². The number of halogens is 2. The number of nitrogens with zero attached hydrogens (tertiary/aromatic N) is 3. The minimum atomic E-state index is -1.44. The van der Waals surface area contributed by atoms with Crippen LogP contribution in [0.3, 0.4) is 0 Å². The van der Waals surface area contributed by atoms with Crippen LogP contribution in [-0.4, -0.2) is 33.3 Å². The molecule has 1 aliphatic rings. The number of hydrogen-bond donors (Lipinski definition) is 1. The van der Waals surface area contributed by atoms with Crippen molar-refractivity contribution in [2.24, 2.45) is 5.16 Å². The first-order chi connectivity index (χ1) is 9.81. The van der Waals surface area contributed by atoms with Crippen LogP contribution in [-0.2, 0) is 9.59 Å². The molecule has 1 aromatic rings. The molecule has 1 N–H and O–H groups in total. The van der Waals surface area contributed by atoms with E-state index in [1.54, 1.807) is 0 Å². The highest BCUT2D eigenvalue weighted by Crippen LogP contribution is 2.38. The molecule has 1 amide bonds. The molecule has 9 nitrogen and oxygen atoms in total. The molecule has 0 bridgehead atoms. The van der Waals surface area contributed by atoms with E-state index in [1.807, 2.05) is 0 Å². The zero-order valence-electron chi connectivity index (χ0n) is 9.74. The fraction of sp³-hybridized carbons (Fsp3) is 0. The molecular weight excluding hydrogens is 418 g/mol. The Labute approximate surface area is 132 Å². The van der Waals surface area contributed by atoms with E-state index in [2.05, 4.69) is 37.2 Å². The van der Waals surface area contributed by atoms with Gasteiger partial charge in [0.05, 0.1) is 31.2 Å². The lowest BCUT2D eigenvalue weighted by Gasteiger charge is -2.13. The molecule has 0 saturated heterocycles. The Balaban J connectivity index is 2.89. The van der Waals surface area contributed by atoms with Crippen molar-refractivity contribution in [3.05, 3.63) is 32.3 Å². The summed E-state index contributed by atoms with van der Waals surface area (Å²) in [6.45, 7) is 0. The monoisotopic (exact) mass is 419 g/mol. The van der Waals surface area contributed by atoms with Crippen LogP contribution in [0, 0.1) is 10.1 Å². The van der Waals surface area contributed by atoms with Crippen molar-refractivity contribution in [1.29, 1.82) is 0 Å². The number of Topliss-reactive ketones (excluding diaryl/α,β-unsaturated/α-hetero) is 2. The highest BCUT2D eigenvalue weighted by molar-refractivity contribution is 9.10. The quantitative estimate of drug-likeness (QED) is 0.241. The third kappa shape index (κ3) is 2.23. The molecule has 1 aromatic carbocycles. The molecule has 0 aromatic heterocycles. The Bertz CT molecular complexity index is 745. The van der Waals surface area contributed by atoms with E-state index in [4.69, 9.17) is 5.21 Å². The fourth-order valence-electron chi connectivity index (χ4n) is 1.73. The summed E-state index contributed by atoms with van der Waals surface area (Å²) in [5.74, 6) is -3.88. The van der Waals surface area contributed by atoms with Crippen molar-refractivity contribution in [3.8, 4) is 0 Å². The number of oxime groups is 1. The van der Waals surface area contributed by atoms with Crippen molar-refractivity contribution in [2.75, 3.05) is 3.93 Å².